The maximum atomic E-state index is 12.1. The van der Waals surface area contributed by atoms with Crippen LogP contribution in [0, 0.1) is 0 Å². The first-order valence-corrected chi connectivity index (χ1v) is 8.26. The van der Waals surface area contributed by atoms with E-state index in [0.29, 0.717) is 0 Å². The predicted molar refractivity (Wildman–Crippen MR) is 91.2 cm³/mol. The normalized spacial score (nSPS) is 16.3. The van der Waals surface area contributed by atoms with Gasteiger partial charge in [-0.3, -0.25) is 0 Å². The highest BCUT2D eigenvalue weighted by Gasteiger charge is 2.38. The molecule has 0 amide bonds. The highest BCUT2D eigenvalue weighted by Crippen LogP contribution is 2.32. The second kappa shape index (κ2) is 6.53. The molecule has 0 saturated carbocycles. The number of benzene rings is 2. The Morgan fingerprint density at radius 1 is 0.875 bits per heavy atom. The minimum atomic E-state index is -1.23. The summed E-state index contributed by atoms with van der Waals surface area (Å²) in [5.41, 5.74) is 0.658. The lowest BCUT2D eigenvalue weighted by Crippen LogP contribution is -2.41. The van der Waals surface area contributed by atoms with E-state index in [1.54, 1.807) is 11.8 Å². The van der Waals surface area contributed by atoms with E-state index in [4.69, 9.17) is 9.47 Å². The Labute approximate surface area is 144 Å². The third-order valence-corrected chi connectivity index (χ3v) is 4.41. The Morgan fingerprint density at radius 2 is 1.46 bits per heavy atom. The number of ether oxygens (including phenoxy) is 2. The first-order valence-electron chi connectivity index (χ1n) is 7.45. The first-order chi connectivity index (χ1) is 11.4. The van der Waals surface area contributed by atoms with Crippen molar-refractivity contribution < 1.29 is 19.1 Å². The van der Waals surface area contributed by atoms with E-state index < -0.39 is 17.7 Å². The summed E-state index contributed by atoms with van der Waals surface area (Å²) in [6.07, 6.45) is 1.52. The molecule has 0 unspecified atom stereocenters. The molecule has 1 fully saturated rings. The van der Waals surface area contributed by atoms with Gasteiger partial charge in [0.05, 0.1) is 0 Å². The van der Waals surface area contributed by atoms with Crippen molar-refractivity contribution in [1.82, 2.24) is 0 Å². The van der Waals surface area contributed by atoms with Crippen LogP contribution in [-0.2, 0) is 19.1 Å². The summed E-state index contributed by atoms with van der Waals surface area (Å²) in [5.74, 6) is -2.57. The van der Waals surface area contributed by atoms with Gasteiger partial charge in [-0.25, -0.2) is 9.59 Å². The summed E-state index contributed by atoms with van der Waals surface area (Å²) < 4.78 is 10.3. The molecule has 2 aromatic carbocycles. The maximum Gasteiger partial charge on any atom is 0.348 e. The summed E-state index contributed by atoms with van der Waals surface area (Å²) in [5, 5.41) is 0. The lowest BCUT2D eigenvalue weighted by Gasteiger charge is -2.29. The molecule has 0 N–H and O–H groups in total. The highest BCUT2D eigenvalue weighted by atomic mass is 32.2. The average Bonchev–Trinajstić information content (AvgIpc) is 2.52. The minimum Gasteiger partial charge on any atom is -0.419 e. The number of carbonyl (C=O) groups excluding carboxylic acids is 2. The van der Waals surface area contributed by atoms with Crippen LogP contribution in [0.4, 0.5) is 0 Å². The largest absolute Gasteiger partial charge is 0.419 e. The zero-order valence-electron chi connectivity index (χ0n) is 13.3. The molecule has 4 nitrogen and oxygen atoms in total. The zero-order chi connectivity index (χ0) is 17.2. The fourth-order valence-corrected chi connectivity index (χ4v) is 3.18. The molecule has 122 valence electrons. The van der Waals surface area contributed by atoms with E-state index in [9.17, 15) is 9.59 Å². The summed E-state index contributed by atoms with van der Waals surface area (Å²) in [6.45, 7) is 3.05. The molecule has 1 heterocycles. The van der Waals surface area contributed by atoms with E-state index in [1.165, 1.54) is 19.9 Å². The average molecular weight is 340 g/mol. The molecule has 3 rings (SSSR count). The molecule has 1 aliphatic heterocycles. The number of esters is 2. The van der Waals surface area contributed by atoms with Crippen LogP contribution in [-0.4, -0.2) is 17.7 Å². The van der Waals surface area contributed by atoms with E-state index in [2.05, 4.69) is 0 Å². The van der Waals surface area contributed by atoms with Crippen molar-refractivity contribution in [2.75, 3.05) is 0 Å². The lowest BCUT2D eigenvalue weighted by atomic mass is 10.1. The maximum absolute atomic E-state index is 12.1. The number of cyclic esters (lactones) is 2. The van der Waals surface area contributed by atoms with Gasteiger partial charge in [-0.15, -0.1) is 0 Å². The summed E-state index contributed by atoms with van der Waals surface area (Å²) in [6, 6.07) is 17.4. The molecule has 0 spiro atoms. The second-order valence-electron chi connectivity index (χ2n) is 5.69. The van der Waals surface area contributed by atoms with Crippen LogP contribution in [0.3, 0.4) is 0 Å². The van der Waals surface area contributed by atoms with Gasteiger partial charge in [-0.2, -0.15) is 0 Å². The van der Waals surface area contributed by atoms with Gasteiger partial charge in [0.25, 0.3) is 5.79 Å². The standard InChI is InChI=1S/C19H16O4S/c1-19(2)22-17(20)15(18(21)23-19)12-13-8-6-7-11-16(13)24-14-9-4-3-5-10-14/h3-12H,1-2H3. The molecule has 2 aromatic rings. The van der Waals surface area contributed by atoms with E-state index in [1.807, 2.05) is 54.6 Å². The Hall–Kier alpha value is -2.53. The van der Waals surface area contributed by atoms with Crippen molar-refractivity contribution in [1.29, 1.82) is 0 Å². The quantitative estimate of drug-likeness (QED) is 0.479. The second-order valence-corrected chi connectivity index (χ2v) is 6.81. The summed E-state index contributed by atoms with van der Waals surface area (Å²) in [4.78, 5) is 26.2. The Morgan fingerprint density at radius 3 is 2.12 bits per heavy atom. The minimum absolute atomic E-state index is 0.101. The van der Waals surface area contributed by atoms with Gasteiger partial charge in [0.1, 0.15) is 5.57 Å². The molecule has 24 heavy (non-hydrogen) atoms. The van der Waals surface area contributed by atoms with Crippen LogP contribution >= 0.6 is 11.8 Å². The van der Waals surface area contributed by atoms with Gasteiger partial charge in [-0.1, -0.05) is 48.2 Å². The topological polar surface area (TPSA) is 52.6 Å². The Bertz CT molecular complexity index is 787. The molecular formula is C19H16O4S. The molecule has 0 radical (unpaired) electrons. The van der Waals surface area contributed by atoms with Crippen LogP contribution in [0.5, 0.6) is 0 Å². The molecule has 0 aliphatic carbocycles. The van der Waals surface area contributed by atoms with Crippen LogP contribution in [0.25, 0.3) is 6.08 Å². The van der Waals surface area contributed by atoms with Crippen LogP contribution in [0.15, 0.2) is 70.0 Å². The Balaban J connectivity index is 1.93. The number of carbonyl (C=O) groups is 2. The van der Waals surface area contributed by atoms with Gasteiger partial charge < -0.3 is 9.47 Å². The van der Waals surface area contributed by atoms with Gasteiger partial charge in [0, 0.05) is 23.6 Å². The predicted octanol–water partition coefficient (Wildman–Crippen LogP) is 4.06. The van der Waals surface area contributed by atoms with Crippen molar-refractivity contribution in [3.05, 3.63) is 65.7 Å². The van der Waals surface area contributed by atoms with Gasteiger partial charge in [0.2, 0.25) is 0 Å². The van der Waals surface area contributed by atoms with E-state index >= 15 is 0 Å². The molecule has 5 heteroatoms. The first kappa shape index (κ1) is 16.3. The van der Waals surface area contributed by atoms with E-state index in [-0.39, 0.29) is 5.57 Å². The molecule has 1 aliphatic rings. The number of hydrogen-bond acceptors (Lipinski definition) is 5. The third-order valence-electron chi connectivity index (χ3n) is 3.31. The molecule has 0 atom stereocenters. The zero-order valence-corrected chi connectivity index (χ0v) is 14.1. The third kappa shape index (κ3) is 3.68. The van der Waals surface area contributed by atoms with Gasteiger partial charge in [-0.05, 0) is 29.8 Å². The van der Waals surface area contributed by atoms with Crippen molar-refractivity contribution in [3.8, 4) is 0 Å². The molecule has 0 bridgehead atoms. The Kier molecular flexibility index (Phi) is 4.44. The number of hydrogen-bond donors (Lipinski definition) is 0. The van der Waals surface area contributed by atoms with Gasteiger partial charge >= 0.3 is 11.9 Å². The highest BCUT2D eigenvalue weighted by molar-refractivity contribution is 7.99. The SMILES string of the molecule is CC1(C)OC(=O)C(=Cc2ccccc2Sc2ccccc2)C(=O)O1. The van der Waals surface area contributed by atoms with Crippen molar-refractivity contribution in [2.24, 2.45) is 0 Å². The lowest BCUT2D eigenvalue weighted by molar-refractivity contribution is -0.222. The summed E-state index contributed by atoms with van der Waals surface area (Å²) >= 11 is 1.56. The fourth-order valence-electron chi connectivity index (χ4n) is 2.24. The number of rotatable bonds is 3. The van der Waals surface area contributed by atoms with Crippen molar-refractivity contribution in [3.63, 3.8) is 0 Å². The summed E-state index contributed by atoms with van der Waals surface area (Å²) in [7, 11) is 0. The van der Waals surface area contributed by atoms with Gasteiger partial charge in [0.15, 0.2) is 0 Å². The smallest absolute Gasteiger partial charge is 0.348 e. The van der Waals surface area contributed by atoms with Crippen LogP contribution < -0.4 is 0 Å². The molecule has 0 aromatic heterocycles. The van der Waals surface area contributed by atoms with E-state index in [0.717, 1.165) is 15.4 Å². The van der Waals surface area contributed by atoms with Crippen molar-refractivity contribution >= 4 is 29.8 Å². The van der Waals surface area contributed by atoms with Crippen molar-refractivity contribution in [2.45, 2.75) is 29.4 Å². The molecule has 1 saturated heterocycles. The molecular weight excluding hydrogens is 324 g/mol. The van der Waals surface area contributed by atoms with Crippen LogP contribution in [0.2, 0.25) is 0 Å². The monoisotopic (exact) mass is 340 g/mol. The fraction of sp³-hybridized carbons (Fsp3) is 0.158. The van der Waals surface area contributed by atoms with Crippen LogP contribution in [0.1, 0.15) is 19.4 Å².